The van der Waals surface area contributed by atoms with Crippen molar-refractivity contribution in [1.29, 1.82) is 0 Å². The van der Waals surface area contributed by atoms with Gasteiger partial charge in [-0.15, -0.1) is 0 Å². The normalized spacial score (nSPS) is 19.1. The van der Waals surface area contributed by atoms with Crippen LogP contribution in [0.25, 0.3) is 0 Å². The number of nitrogens with zero attached hydrogens (tertiary/aromatic N) is 1. The van der Waals surface area contributed by atoms with Crippen LogP contribution in [0.4, 0.5) is 17.6 Å². The Balaban J connectivity index is 1.85. The molecule has 1 fully saturated rings. The summed E-state index contributed by atoms with van der Waals surface area (Å²) >= 11 is 6.20. The summed E-state index contributed by atoms with van der Waals surface area (Å²) in [4.78, 5) is 27.5. The molecule has 1 saturated heterocycles. The van der Waals surface area contributed by atoms with E-state index in [1.165, 1.54) is 18.2 Å². The number of alkyl halides is 3. The lowest BCUT2D eigenvalue weighted by atomic mass is 9.98. The molecule has 2 heterocycles. The Hall–Kier alpha value is -2.72. The van der Waals surface area contributed by atoms with E-state index in [0.29, 0.717) is 5.56 Å². The third-order valence-electron chi connectivity index (χ3n) is 5.01. The Kier molecular flexibility index (Phi) is 7.04. The van der Waals surface area contributed by atoms with Gasteiger partial charge in [0.05, 0.1) is 5.02 Å². The van der Waals surface area contributed by atoms with Gasteiger partial charge in [0, 0.05) is 42.2 Å². The summed E-state index contributed by atoms with van der Waals surface area (Å²) in [6.07, 6.45) is -4.66. The number of amides is 2. The zero-order chi connectivity index (χ0) is 23.6. The number of halogens is 5. The lowest BCUT2D eigenvalue weighted by Gasteiger charge is -2.33. The zero-order valence-corrected chi connectivity index (χ0v) is 17.9. The van der Waals surface area contributed by atoms with Gasteiger partial charge in [-0.05, 0) is 17.7 Å². The largest absolute Gasteiger partial charge is 0.433 e. The Morgan fingerprint density at radius 2 is 2.00 bits per heavy atom. The van der Waals surface area contributed by atoms with Crippen LogP contribution in [0.3, 0.4) is 0 Å². The van der Waals surface area contributed by atoms with Crippen LogP contribution in [-0.4, -0.2) is 16.8 Å². The molecule has 1 aliphatic rings. The highest BCUT2D eigenvalue weighted by molar-refractivity contribution is 6.31. The van der Waals surface area contributed by atoms with Crippen LogP contribution < -0.4 is 16.0 Å². The molecule has 0 spiro atoms. The Labute approximate surface area is 186 Å². The predicted molar refractivity (Wildman–Crippen MR) is 109 cm³/mol. The van der Waals surface area contributed by atoms with Gasteiger partial charge in [-0.25, -0.2) is 4.39 Å². The van der Waals surface area contributed by atoms with Crippen molar-refractivity contribution < 1.29 is 27.2 Å². The third-order valence-corrected chi connectivity index (χ3v) is 5.34. The number of hydrogen-bond acceptors (Lipinski definition) is 4. The Bertz CT molecular complexity index is 1010. The zero-order valence-electron chi connectivity index (χ0n) is 17.2. The molecular formula is C21H21ClF4N4O2. The average Bonchev–Trinajstić information content (AvgIpc) is 2.72. The first-order chi connectivity index (χ1) is 15.0. The van der Waals surface area contributed by atoms with Crippen molar-refractivity contribution in [3.63, 3.8) is 0 Å². The van der Waals surface area contributed by atoms with E-state index in [0.717, 1.165) is 12.3 Å². The van der Waals surface area contributed by atoms with Gasteiger partial charge in [0.1, 0.15) is 17.7 Å². The number of pyridine rings is 1. The van der Waals surface area contributed by atoms with Gasteiger partial charge in [0.15, 0.2) is 0 Å². The summed E-state index contributed by atoms with van der Waals surface area (Å²) in [6.45, 7) is 3.34. The molecule has 0 saturated carbocycles. The number of benzene rings is 1. The lowest BCUT2D eigenvalue weighted by molar-refractivity contribution is -0.141. The van der Waals surface area contributed by atoms with Crippen molar-refractivity contribution in [1.82, 2.24) is 20.9 Å². The Morgan fingerprint density at radius 1 is 1.28 bits per heavy atom. The first-order valence-corrected chi connectivity index (χ1v) is 10.2. The van der Waals surface area contributed by atoms with E-state index in [1.54, 1.807) is 13.8 Å². The summed E-state index contributed by atoms with van der Waals surface area (Å²) < 4.78 is 53.5. The van der Waals surface area contributed by atoms with Crippen molar-refractivity contribution >= 4 is 23.4 Å². The van der Waals surface area contributed by atoms with Crippen molar-refractivity contribution in [2.24, 2.45) is 5.92 Å². The van der Waals surface area contributed by atoms with Gasteiger partial charge in [-0.2, -0.15) is 13.2 Å². The van der Waals surface area contributed by atoms with Crippen LogP contribution in [-0.2, 0) is 22.3 Å². The van der Waals surface area contributed by atoms with E-state index in [1.807, 2.05) is 0 Å². The van der Waals surface area contributed by atoms with E-state index >= 15 is 4.39 Å². The summed E-state index contributed by atoms with van der Waals surface area (Å²) in [5.74, 6) is -1.67. The van der Waals surface area contributed by atoms with Crippen LogP contribution in [0.1, 0.15) is 54.9 Å². The molecule has 0 aliphatic carbocycles. The number of carbonyl (C=O) groups excluding carboxylic acids is 2. The predicted octanol–water partition coefficient (Wildman–Crippen LogP) is 4.01. The monoisotopic (exact) mass is 472 g/mol. The van der Waals surface area contributed by atoms with Crippen LogP contribution in [0.2, 0.25) is 5.02 Å². The SMILES string of the molecule is CC(C)C(=O)NCc1ccc(Cl)c(C2NC(=O)CC(c3ccc(C(F)(F)F)nc3)N2)c1F. The second kappa shape index (κ2) is 9.41. The topological polar surface area (TPSA) is 83.1 Å². The van der Waals surface area contributed by atoms with E-state index in [-0.39, 0.29) is 40.9 Å². The summed E-state index contributed by atoms with van der Waals surface area (Å²) in [7, 11) is 0. The van der Waals surface area contributed by atoms with Gasteiger partial charge >= 0.3 is 6.18 Å². The molecule has 2 unspecified atom stereocenters. The van der Waals surface area contributed by atoms with Gasteiger partial charge < -0.3 is 10.6 Å². The minimum Gasteiger partial charge on any atom is -0.352 e. The third kappa shape index (κ3) is 5.36. The number of nitrogens with one attached hydrogen (secondary N) is 3. The van der Waals surface area contributed by atoms with Gasteiger partial charge in [-0.3, -0.25) is 19.9 Å². The van der Waals surface area contributed by atoms with E-state index in [9.17, 15) is 22.8 Å². The fourth-order valence-electron chi connectivity index (χ4n) is 3.26. The van der Waals surface area contributed by atoms with Crippen LogP contribution >= 0.6 is 11.6 Å². The van der Waals surface area contributed by atoms with Crippen LogP contribution in [0, 0.1) is 11.7 Å². The minimum atomic E-state index is -4.58. The van der Waals surface area contributed by atoms with Crippen LogP contribution in [0.5, 0.6) is 0 Å². The molecule has 0 bridgehead atoms. The molecule has 3 rings (SSSR count). The quantitative estimate of drug-likeness (QED) is 0.574. The molecule has 0 radical (unpaired) electrons. The molecule has 2 atom stereocenters. The smallest absolute Gasteiger partial charge is 0.352 e. The van der Waals surface area contributed by atoms with Crippen molar-refractivity contribution in [2.45, 2.75) is 45.2 Å². The van der Waals surface area contributed by atoms with E-state index in [4.69, 9.17) is 11.6 Å². The molecule has 1 aromatic heterocycles. The lowest BCUT2D eigenvalue weighted by Crippen LogP contribution is -2.47. The minimum absolute atomic E-state index is 0.0270. The Morgan fingerprint density at radius 3 is 2.59 bits per heavy atom. The van der Waals surface area contributed by atoms with Crippen molar-refractivity contribution in [2.75, 3.05) is 0 Å². The molecule has 11 heteroatoms. The molecule has 2 aromatic rings. The molecule has 1 aliphatic heterocycles. The highest BCUT2D eigenvalue weighted by atomic mass is 35.5. The van der Waals surface area contributed by atoms with E-state index < -0.39 is 35.8 Å². The average molecular weight is 473 g/mol. The van der Waals surface area contributed by atoms with Crippen molar-refractivity contribution in [3.05, 3.63) is 63.7 Å². The fourth-order valence-corrected chi connectivity index (χ4v) is 3.51. The first kappa shape index (κ1) is 23.9. The van der Waals surface area contributed by atoms with Crippen LogP contribution in [0.15, 0.2) is 30.5 Å². The molecule has 2 amide bonds. The molecule has 6 nitrogen and oxygen atoms in total. The molecule has 172 valence electrons. The standard InChI is InChI=1S/C21H21ClF4N4O2/c1-10(2)20(32)28-9-12-3-5-13(22)17(18(12)23)19-29-14(7-16(31)30-19)11-4-6-15(27-8-11)21(24,25)26/h3-6,8,10,14,19,29H,7,9H2,1-2H3,(H,28,32)(H,30,31). The molecule has 32 heavy (non-hydrogen) atoms. The highest BCUT2D eigenvalue weighted by Gasteiger charge is 2.34. The van der Waals surface area contributed by atoms with E-state index in [2.05, 4.69) is 20.9 Å². The summed E-state index contributed by atoms with van der Waals surface area (Å²) in [5.41, 5.74) is -0.563. The number of hydrogen-bond donors (Lipinski definition) is 3. The number of carbonyl (C=O) groups is 2. The number of aromatic nitrogens is 1. The fraction of sp³-hybridized carbons (Fsp3) is 0.381. The van der Waals surface area contributed by atoms with Gasteiger partial charge in [0.25, 0.3) is 0 Å². The van der Waals surface area contributed by atoms with Gasteiger partial charge in [0.2, 0.25) is 11.8 Å². The second-order valence-corrected chi connectivity index (χ2v) is 8.11. The highest BCUT2D eigenvalue weighted by Crippen LogP contribution is 2.33. The second-order valence-electron chi connectivity index (χ2n) is 7.71. The summed E-state index contributed by atoms with van der Waals surface area (Å²) in [5, 5.41) is 8.27. The molecule has 1 aromatic carbocycles. The maximum Gasteiger partial charge on any atom is 0.433 e. The van der Waals surface area contributed by atoms with Gasteiger partial charge in [-0.1, -0.05) is 37.6 Å². The number of rotatable bonds is 5. The maximum atomic E-state index is 15.2. The maximum absolute atomic E-state index is 15.2. The molecule has 3 N–H and O–H groups in total. The first-order valence-electron chi connectivity index (χ1n) is 9.80. The molecular weight excluding hydrogens is 452 g/mol. The summed E-state index contributed by atoms with van der Waals surface area (Å²) in [6, 6.07) is 4.23. The van der Waals surface area contributed by atoms with Crippen molar-refractivity contribution in [3.8, 4) is 0 Å².